The van der Waals surface area contributed by atoms with Gasteiger partial charge in [0.1, 0.15) is 6.33 Å². The predicted molar refractivity (Wildman–Crippen MR) is 43.6 cm³/mol. The van der Waals surface area contributed by atoms with Crippen molar-refractivity contribution in [2.75, 3.05) is 0 Å². The van der Waals surface area contributed by atoms with Crippen LogP contribution in [0.4, 0.5) is 0 Å². The molecule has 12 heavy (non-hydrogen) atoms. The lowest BCUT2D eigenvalue weighted by molar-refractivity contribution is 0.0959. The molecule has 0 radical (unpaired) electrons. The van der Waals surface area contributed by atoms with E-state index in [0.29, 0.717) is 5.57 Å². The van der Waals surface area contributed by atoms with Crippen LogP contribution in [0.25, 0.3) is 0 Å². The van der Waals surface area contributed by atoms with Gasteiger partial charge in [-0.1, -0.05) is 6.08 Å². The molecule has 0 atom stereocenters. The first-order valence-electron chi connectivity index (χ1n) is 3.54. The Balaban J connectivity index is 2.33. The van der Waals surface area contributed by atoms with Gasteiger partial charge in [0, 0.05) is 12.4 Å². The molecule has 0 N–H and O–H groups in total. The molecule has 1 aliphatic rings. The van der Waals surface area contributed by atoms with E-state index in [-0.39, 0.29) is 5.91 Å². The Hall–Kier alpha value is -1.86. The molecule has 0 unspecified atom stereocenters. The van der Waals surface area contributed by atoms with Crippen molar-refractivity contribution in [2.45, 2.75) is 0 Å². The molecule has 0 aliphatic heterocycles. The number of carbonyl (C=O) groups is 1. The van der Waals surface area contributed by atoms with Crippen LogP contribution in [0.15, 0.2) is 48.3 Å². The van der Waals surface area contributed by atoms with Gasteiger partial charge in [0.2, 0.25) is 0 Å². The van der Waals surface area contributed by atoms with E-state index in [9.17, 15) is 4.79 Å². The Morgan fingerprint density at radius 2 is 2.50 bits per heavy atom. The number of hydrogen-bond acceptors (Lipinski definition) is 2. The summed E-state index contributed by atoms with van der Waals surface area (Å²) in [7, 11) is 0. The average Bonchev–Trinajstić information content (AvgIpc) is 2.77. The first-order valence-corrected chi connectivity index (χ1v) is 3.54. The molecular formula is C9H6N2O. The largest absolute Gasteiger partial charge is 0.272 e. The molecule has 1 aliphatic carbocycles. The summed E-state index contributed by atoms with van der Waals surface area (Å²) < 4.78 is 1.42. The molecule has 1 heterocycles. The second kappa shape index (κ2) is 2.64. The smallest absolute Gasteiger partial charge is 0.270 e. The van der Waals surface area contributed by atoms with Crippen LogP contribution in [0.3, 0.4) is 0 Å². The number of aromatic nitrogens is 2. The van der Waals surface area contributed by atoms with E-state index in [1.807, 2.05) is 0 Å². The topological polar surface area (TPSA) is 34.9 Å². The number of rotatable bonds is 1. The van der Waals surface area contributed by atoms with E-state index < -0.39 is 0 Å². The Labute approximate surface area is 69.3 Å². The molecule has 0 spiro atoms. The maximum atomic E-state index is 11.5. The summed E-state index contributed by atoms with van der Waals surface area (Å²) >= 11 is 0. The van der Waals surface area contributed by atoms with Crippen LogP contribution in [0.2, 0.25) is 0 Å². The number of carbonyl (C=O) groups excluding carboxylic acids is 1. The van der Waals surface area contributed by atoms with Crippen molar-refractivity contribution in [3.05, 3.63) is 48.3 Å². The summed E-state index contributed by atoms with van der Waals surface area (Å²) in [6, 6.07) is 0. The van der Waals surface area contributed by atoms with Crippen LogP contribution < -0.4 is 0 Å². The van der Waals surface area contributed by atoms with Gasteiger partial charge in [-0.05, 0) is 12.2 Å². The first-order chi connectivity index (χ1) is 5.88. The molecule has 3 nitrogen and oxygen atoms in total. The third-order valence-electron chi connectivity index (χ3n) is 1.57. The normalized spacial score (nSPS) is 13.5. The number of imidazole rings is 1. The standard InChI is InChI=1S/C9H6N2O/c12-9(8-3-1-2-4-8)11-6-5-10-7-11/h1-3,5-7H. The van der Waals surface area contributed by atoms with Crippen LogP contribution in [0.1, 0.15) is 4.79 Å². The Morgan fingerprint density at radius 1 is 1.58 bits per heavy atom. The molecule has 0 fully saturated rings. The van der Waals surface area contributed by atoms with E-state index in [1.54, 1.807) is 30.6 Å². The Bertz CT molecular complexity index is 392. The van der Waals surface area contributed by atoms with Gasteiger partial charge in [-0.3, -0.25) is 9.36 Å². The molecule has 0 saturated carbocycles. The molecule has 1 aromatic rings. The highest BCUT2D eigenvalue weighted by molar-refractivity contribution is 5.98. The first kappa shape index (κ1) is 6.83. The summed E-state index contributed by atoms with van der Waals surface area (Å²) in [5, 5.41) is 0. The van der Waals surface area contributed by atoms with Gasteiger partial charge < -0.3 is 0 Å². The summed E-state index contributed by atoms with van der Waals surface area (Å²) in [4.78, 5) is 15.2. The SMILES string of the molecule is O=C(C1=C=CC=C1)n1ccnc1. The molecule has 2 rings (SSSR count). The van der Waals surface area contributed by atoms with E-state index in [1.165, 1.54) is 10.9 Å². The number of nitrogens with zero attached hydrogens (tertiary/aromatic N) is 2. The van der Waals surface area contributed by atoms with Crippen molar-refractivity contribution in [2.24, 2.45) is 0 Å². The summed E-state index contributed by atoms with van der Waals surface area (Å²) in [5.74, 6) is -0.0995. The van der Waals surface area contributed by atoms with E-state index in [2.05, 4.69) is 10.7 Å². The second-order valence-corrected chi connectivity index (χ2v) is 2.36. The Morgan fingerprint density at radius 3 is 3.08 bits per heavy atom. The molecule has 3 heteroatoms. The zero-order chi connectivity index (χ0) is 8.39. The fourth-order valence-electron chi connectivity index (χ4n) is 0.982. The van der Waals surface area contributed by atoms with Gasteiger partial charge in [0.25, 0.3) is 5.91 Å². The third kappa shape index (κ3) is 1.02. The van der Waals surface area contributed by atoms with Crippen molar-refractivity contribution in [1.82, 2.24) is 9.55 Å². The lowest BCUT2D eigenvalue weighted by atomic mass is 10.3. The lowest BCUT2D eigenvalue weighted by Gasteiger charge is -1.96. The van der Waals surface area contributed by atoms with Crippen LogP contribution in [0, 0.1) is 0 Å². The van der Waals surface area contributed by atoms with Gasteiger partial charge >= 0.3 is 0 Å². The maximum absolute atomic E-state index is 11.5. The van der Waals surface area contributed by atoms with Crippen molar-refractivity contribution in [3.63, 3.8) is 0 Å². The van der Waals surface area contributed by atoms with Crippen LogP contribution in [0.5, 0.6) is 0 Å². The third-order valence-corrected chi connectivity index (χ3v) is 1.57. The van der Waals surface area contributed by atoms with E-state index in [0.717, 1.165) is 0 Å². The minimum atomic E-state index is -0.0995. The zero-order valence-corrected chi connectivity index (χ0v) is 6.27. The summed E-state index contributed by atoms with van der Waals surface area (Å²) in [6.45, 7) is 0. The number of allylic oxidation sites excluding steroid dienone is 3. The van der Waals surface area contributed by atoms with Gasteiger partial charge in [0.15, 0.2) is 0 Å². The van der Waals surface area contributed by atoms with Crippen LogP contribution in [-0.4, -0.2) is 15.5 Å². The quantitative estimate of drug-likeness (QED) is 0.575. The van der Waals surface area contributed by atoms with Crippen LogP contribution in [-0.2, 0) is 0 Å². The molecule has 0 amide bonds. The molecule has 0 bridgehead atoms. The molecule has 0 aromatic carbocycles. The van der Waals surface area contributed by atoms with Gasteiger partial charge in [-0.2, -0.15) is 0 Å². The number of hydrogen-bond donors (Lipinski definition) is 0. The molecule has 58 valence electrons. The molecular weight excluding hydrogens is 152 g/mol. The molecule has 0 saturated heterocycles. The highest BCUT2D eigenvalue weighted by Gasteiger charge is 2.08. The van der Waals surface area contributed by atoms with Crippen molar-refractivity contribution in [3.8, 4) is 0 Å². The average molecular weight is 158 g/mol. The second-order valence-electron chi connectivity index (χ2n) is 2.36. The van der Waals surface area contributed by atoms with E-state index >= 15 is 0 Å². The zero-order valence-electron chi connectivity index (χ0n) is 6.27. The predicted octanol–water partition coefficient (Wildman–Crippen LogP) is 1.17. The van der Waals surface area contributed by atoms with Crippen molar-refractivity contribution in [1.29, 1.82) is 0 Å². The Kier molecular flexibility index (Phi) is 1.50. The van der Waals surface area contributed by atoms with Gasteiger partial charge in [-0.15, -0.1) is 5.73 Å². The minimum Gasteiger partial charge on any atom is -0.272 e. The van der Waals surface area contributed by atoms with E-state index in [4.69, 9.17) is 0 Å². The summed E-state index contributed by atoms with van der Waals surface area (Å²) in [5.41, 5.74) is 3.39. The highest BCUT2D eigenvalue weighted by atomic mass is 16.2. The van der Waals surface area contributed by atoms with Crippen LogP contribution >= 0.6 is 0 Å². The van der Waals surface area contributed by atoms with Gasteiger partial charge in [0.05, 0.1) is 5.57 Å². The van der Waals surface area contributed by atoms with Gasteiger partial charge in [-0.25, -0.2) is 4.98 Å². The fraction of sp³-hybridized carbons (Fsp3) is 0. The monoisotopic (exact) mass is 158 g/mol. The summed E-state index contributed by atoms with van der Waals surface area (Å²) in [6.07, 6.45) is 9.88. The molecule has 1 aromatic heterocycles. The fourth-order valence-corrected chi connectivity index (χ4v) is 0.982. The lowest BCUT2D eigenvalue weighted by Crippen LogP contribution is -2.08. The van der Waals surface area contributed by atoms with Crippen molar-refractivity contribution < 1.29 is 4.79 Å². The highest BCUT2D eigenvalue weighted by Crippen LogP contribution is 2.04. The minimum absolute atomic E-state index is 0.0995. The maximum Gasteiger partial charge on any atom is 0.270 e. The van der Waals surface area contributed by atoms with Crippen molar-refractivity contribution >= 4 is 5.91 Å².